The van der Waals surface area contributed by atoms with Crippen LogP contribution in [-0.2, 0) is 11.8 Å². The summed E-state index contributed by atoms with van der Waals surface area (Å²) in [5.41, 5.74) is 1.08. The van der Waals surface area contributed by atoms with Crippen LogP contribution in [0.3, 0.4) is 0 Å². The summed E-state index contributed by atoms with van der Waals surface area (Å²) in [6, 6.07) is 0. The van der Waals surface area contributed by atoms with E-state index in [0.29, 0.717) is 18.2 Å². The summed E-state index contributed by atoms with van der Waals surface area (Å²) in [5.74, 6) is 0.809. The number of morpholine rings is 1. The van der Waals surface area contributed by atoms with Gasteiger partial charge in [-0.2, -0.15) is 5.10 Å². The third kappa shape index (κ3) is 5.15. The Balaban J connectivity index is 0.00000220. The molecular formula is C13H21ClIN5O. The summed E-state index contributed by atoms with van der Waals surface area (Å²) in [6.07, 6.45) is 3.82. The molecule has 1 saturated heterocycles. The molecule has 2 heterocycles. The summed E-state index contributed by atoms with van der Waals surface area (Å²) in [5, 5.41) is 7.93. The molecule has 6 nitrogen and oxygen atoms in total. The highest BCUT2D eigenvalue weighted by Crippen LogP contribution is 2.21. The van der Waals surface area contributed by atoms with Crippen LogP contribution in [0.25, 0.3) is 0 Å². The minimum absolute atomic E-state index is 0. The quantitative estimate of drug-likeness (QED) is 0.455. The summed E-state index contributed by atoms with van der Waals surface area (Å²) >= 11 is 5.78. The van der Waals surface area contributed by atoms with E-state index in [0.717, 1.165) is 24.6 Å². The fourth-order valence-electron chi connectivity index (χ4n) is 2.16. The standard InChI is InChI=1S/C13H20ClN5O.HI/c1-10(14)6-16-13(15-2)19-4-5-20-12(9-19)11-7-17-18(3)8-11;/h7-8,12H,1,4-6,9H2,2-3H3,(H,15,16);1H. The number of rotatable bonds is 3. The number of aryl methyl sites for hydroxylation is 1. The van der Waals surface area contributed by atoms with Gasteiger partial charge in [0.2, 0.25) is 0 Å². The van der Waals surface area contributed by atoms with E-state index in [-0.39, 0.29) is 30.1 Å². The average molecular weight is 426 g/mol. The maximum Gasteiger partial charge on any atom is 0.194 e. The van der Waals surface area contributed by atoms with Gasteiger partial charge in [-0.3, -0.25) is 9.67 Å². The Labute approximate surface area is 147 Å². The van der Waals surface area contributed by atoms with Crippen molar-refractivity contribution in [1.82, 2.24) is 20.0 Å². The van der Waals surface area contributed by atoms with Crippen molar-refractivity contribution in [1.29, 1.82) is 0 Å². The summed E-state index contributed by atoms with van der Waals surface area (Å²) < 4.78 is 7.59. The van der Waals surface area contributed by atoms with Crippen LogP contribution in [-0.4, -0.2) is 53.9 Å². The molecular weight excluding hydrogens is 405 g/mol. The number of aromatic nitrogens is 2. The van der Waals surface area contributed by atoms with E-state index in [2.05, 4.69) is 26.9 Å². The molecule has 1 unspecified atom stereocenters. The zero-order valence-electron chi connectivity index (χ0n) is 12.3. The van der Waals surface area contributed by atoms with E-state index in [4.69, 9.17) is 16.3 Å². The van der Waals surface area contributed by atoms with E-state index >= 15 is 0 Å². The van der Waals surface area contributed by atoms with Gasteiger partial charge < -0.3 is 15.0 Å². The van der Waals surface area contributed by atoms with Crippen LogP contribution in [0.5, 0.6) is 0 Å². The van der Waals surface area contributed by atoms with Crippen LogP contribution >= 0.6 is 35.6 Å². The Morgan fingerprint density at radius 2 is 2.43 bits per heavy atom. The van der Waals surface area contributed by atoms with Gasteiger partial charge in [-0.25, -0.2) is 0 Å². The largest absolute Gasteiger partial charge is 0.370 e. The maximum absolute atomic E-state index is 5.81. The highest BCUT2D eigenvalue weighted by molar-refractivity contribution is 14.0. The summed E-state index contributed by atoms with van der Waals surface area (Å²) in [4.78, 5) is 6.43. The minimum Gasteiger partial charge on any atom is -0.370 e. The van der Waals surface area contributed by atoms with Gasteiger partial charge in [-0.15, -0.1) is 24.0 Å². The molecule has 1 atom stereocenters. The SMILES string of the molecule is C=C(Cl)CNC(=NC)N1CCOC(c2cnn(C)c2)C1.I. The number of nitrogens with one attached hydrogen (secondary N) is 1. The van der Waals surface area contributed by atoms with Gasteiger partial charge in [0.15, 0.2) is 5.96 Å². The molecule has 2 rings (SSSR count). The van der Waals surface area contributed by atoms with Crippen molar-refractivity contribution in [3.63, 3.8) is 0 Å². The normalized spacial score (nSPS) is 19.1. The van der Waals surface area contributed by atoms with Crippen LogP contribution < -0.4 is 5.32 Å². The topological polar surface area (TPSA) is 54.7 Å². The molecule has 118 valence electrons. The summed E-state index contributed by atoms with van der Waals surface area (Å²) in [6.45, 7) is 6.36. The second-order valence-corrected chi connectivity index (χ2v) is 5.21. The van der Waals surface area contributed by atoms with Crippen molar-refractivity contribution in [2.75, 3.05) is 33.3 Å². The number of hydrogen-bond acceptors (Lipinski definition) is 3. The number of guanidine groups is 1. The van der Waals surface area contributed by atoms with Crippen molar-refractivity contribution in [2.24, 2.45) is 12.0 Å². The van der Waals surface area contributed by atoms with Gasteiger partial charge in [0.05, 0.1) is 25.9 Å². The Morgan fingerprint density at radius 1 is 1.67 bits per heavy atom. The van der Waals surface area contributed by atoms with Gasteiger partial charge in [-0.05, 0) is 0 Å². The summed E-state index contributed by atoms with van der Waals surface area (Å²) in [7, 11) is 3.66. The lowest BCUT2D eigenvalue weighted by atomic mass is 10.1. The first-order chi connectivity index (χ1) is 9.60. The first-order valence-corrected chi connectivity index (χ1v) is 6.87. The lowest BCUT2D eigenvalue weighted by Crippen LogP contribution is -2.48. The van der Waals surface area contributed by atoms with Gasteiger partial charge in [0, 0.05) is 37.4 Å². The first kappa shape index (κ1) is 18.2. The van der Waals surface area contributed by atoms with Crippen molar-refractivity contribution in [3.05, 3.63) is 29.6 Å². The van der Waals surface area contributed by atoms with E-state index < -0.39 is 0 Å². The highest BCUT2D eigenvalue weighted by atomic mass is 127. The average Bonchev–Trinajstić information content (AvgIpc) is 2.86. The number of hydrogen-bond donors (Lipinski definition) is 1. The molecule has 0 radical (unpaired) electrons. The molecule has 1 aliphatic heterocycles. The van der Waals surface area contributed by atoms with Crippen LogP contribution in [0.15, 0.2) is 29.0 Å². The molecule has 1 fully saturated rings. The second kappa shape index (κ2) is 8.60. The Morgan fingerprint density at radius 3 is 3.00 bits per heavy atom. The van der Waals surface area contributed by atoms with Gasteiger partial charge >= 0.3 is 0 Å². The zero-order chi connectivity index (χ0) is 14.5. The molecule has 0 spiro atoms. The Kier molecular flexibility index (Phi) is 7.47. The lowest BCUT2D eigenvalue weighted by molar-refractivity contribution is -0.00796. The number of aliphatic imine (C=N–C) groups is 1. The van der Waals surface area contributed by atoms with Crippen LogP contribution in [0.4, 0.5) is 0 Å². The molecule has 21 heavy (non-hydrogen) atoms. The smallest absolute Gasteiger partial charge is 0.194 e. The van der Waals surface area contributed by atoms with E-state index in [1.54, 1.807) is 11.7 Å². The fourth-order valence-corrected chi connectivity index (χ4v) is 2.22. The van der Waals surface area contributed by atoms with Crippen molar-refractivity contribution in [2.45, 2.75) is 6.10 Å². The van der Waals surface area contributed by atoms with Crippen LogP contribution in [0.1, 0.15) is 11.7 Å². The third-order valence-electron chi connectivity index (χ3n) is 3.11. The molecule has 1 aromatic rings. The second-order valence-electron chi connectivity index (χ2n) is 4.67. The molecule has 1 N–H and O–H groups in total. The molecule has 0 saturated carbocycles. The van der Waals surface area contributed by atoms with Crippen LogP contribution in [0.2, 0.25) is 0 Å². The molecule has 1 aliphatic rings. The lowest BCUT2D eigenvalue weighted by Gasteiger charge is -2.34. The number of ether oxygens (including phenoxy) is 1. The number of nitrogens with zero attached hydrogens (tertiary/aromatic N) is 4. The third-order valence-corrected chi connectivity index (χ3v) is 3.25. The molecule has 0 aromatic carbocycles. The molecule has 0 amide bonds. The van der Waals surface area contributed by atoms with Gasteiger partial charge in [0.1, 0.15) is 6.10 Å². The molecule has 8 heteroatoms. The first-order valence-electron chi connectivity index (χ1n) is 6.49. The highest BCUT2D eigenvalue weighted by Gasteiger charge is 2.24. The van der Waals surface area contributed by atoms with Crippen molar-refractivity contribution < 1.29 is 4.74 Å². The molecule has 0 bridgehead atoms. The van der Waals surface area contributed by atoms with Crippen molar-refractivity contribution >= 4 is 41.5 Å². The van der Waals surface area contributed by atoms with Gasteiger partial charge in [0.25, 0.3) is 0 Å². The Bertz CT molecular complexity index is 505. The predicted molar refractivity (Wildman–Crippen MR) is 95.2 cm³/mol. The molecule has 1 aromatic heterocycles. The maximum atomic E-state index is 5.81. The number of halogens is 2. The molecule has 0 aliphatic carbocycles. The van der Waals surface area contributed by atoms with Crippen LogP contribution in [0, 0.1) is 0 Å². The zero-order valence-corrected chi connectivity index (χ0v) is 15.3. The van der Waals surface area contributed by atoms with E-state index in [1.807, 2.05) is 19.4 Å². The monoisotopic (exact) mass is 425 g/mol. The van der Waals surface area contributed by atoms with Crippen molar-refractivity contribution in [3.8, 4) is 0 Å². The van der Waals surface area contributed by atoms with E-state index in [1.165, 1.54) is 0 Å². The minimum atomic E-state index is 0. The fraction of sp³-hybridized carbons (Fsp3) is 0.538. The Hall–Kier alpha value is -0.800. The van der Waals surface area contributed by atoms with E-state index in [9.17, 15) is 0 Å². The predicted octanol–water partition coefficient (Wildman–Crippen LogP) is 1.74. The van der Waals surface area contributed by atoms with Gasteiger partial charge in [-0.1, -0.05) is 18.2 Å².